The normalized spacial score (nSPS) is 28.6. The average molecular weight is 261 g/mol. The highest BCUT2D eigenvalue weighted by molar-refractivity contribution is 5.94. The van der Waals surface area contributed by atoms with Crippen molar-refractivity contribution in [3.8, 4) is 0 Å². The molecule has 2 bridgehead atoms. The molecule has 1 amide bonds. The molecule has 2 aliphatic rings. The quantitative estimate of drug-likeness (QED) is 0.888. The molecule has 2 fully saturated rings. The number of carbonyl (C=O) groups excluding carboxylic acids is 1. The molecule has 3 unspecified atom stereocenters. The van der Waals surface area contributed by atoms with Gasteiger partial charge in [-0.1, -0.05) is 18.1 Å². The van der Waals surface area contributed by atoms with Crippen molar-refractivity contribution in [3.63, 3.8) is 0 Å². The third kappa shape index (κ3) is 2.51. The predicted molar refractivity (Wildman–Crippen MR) is 72.4 cm³/mol. The molecule has 1 aromatic carbocycles. The predicted octanol–water partition coefficient (Wildman–Crippen LogP) is 3.30. The molecule has 0 saturated heterocycles. The van der Waals surface area contributed by atoms with E-state index in [-0.39, 0.29) is 11.5 Å². The number of aryl methyl sites for hydroxylation is 1. The first kappa shape index (κ1) is 12.6. The van der Waals surface area contributed by atoms with E-state index >= 15 is 0 Å². The van der Waals surface area contributed by atoms with Crippen LogP contribution in [0.2, 0.25) is 0 Å². The van der Waals surface area contributed by atoms with Crippen LogP contribution < -0.4 is 5.32 Å². The minimum atomic E-state index is -0.434. The van der Waals surface area contributed by atoms with E-state index in [1.54, 1.807) is 12.1 Å². The average Bonchev–Trinajstić information content (AvgIpc) is 3.01. The van der Waals surface area contributed by atoms with Crippen LogP contribution in [0.1, 0.15) is 41.6 Å². The number of rotatable bonds is 3. The Labute approximate surface area is 113 Å². The van der Waals surface area contributed by atoms with Crippen molar-refractivity contribution in [2.24, 2.45) is 17.8 Å². The first-order chi connectivity index (χ1) is 9.13. The van der Waals surface area contributed by atoms with E-state index in [1.807, 2.05) is 6.92 Å². The minimum Gasteiger partial charge on any atom is -0.352 e. The molecule has 0 spiro atoms. The van der Waals surface area contributed by atoms with Crippen molar-refractivity contribution in [1.29, 1.82) is 0 Å². The molecule has 1 N–H and O–H groups in total. The molecule has 3 rings (SSSR count). The van der Waals surface area contributed by atoms with Gasteiger partial charge in [-0.05, 0) is 56.1 Å². The second kappa shape index (κ2) is 4.95. The van der Waals surface area contributed by atoms with E-state index in [1.165, 1.54) is 31.7 Å². The Morgan fingerprint density at radius 2 is 2.21 bits per heavy atom. The smallest absolute Gasteiger partial charge is 0.254 e. The van der Waals surface area contributed by atoms with Crippen LogP contribution in [0.3, 0.4) is 0 Å². The van der Waals surface area contributed by atoms with Gasteiger partial charge in [-0.2, -0.15) is 0 Å². The summed E-state index contributed by atoms with van der Waals surface area (Å²) in [7, 11) is 0. The maximum absolute atomic E-state index is 13.6. The molecule has 2 aliphatic carbocycles. The van der Waals surface area contributed by atoms with Gasteiger partial charge >= 0.3 is 0 Å². The fourth-order valence-electron chi connectivity index (χ4n) is 3.76. The highest BCUT2D eigenvalue weighted by atomic mass is 19.1. The van der Waals surface area contributed by atoms with Crippen LogP contribution in [0.4, 0.5) is 4.39 Å². The van der Waals surface area contributed by atoms with Gasteiger partial charge in [-0.3, -0.25) is 4.79 Å². The second-order valence-corrected chi connectivity index (χ2v) is 6.13. The van der Waals surface area contributed by atoms with Crippen LogP contribution in [0.5, 0.6) is 0 Å². The summed E-state index contributed by atoms with van der Waals surface area (Å²) >= 11 is 0. The van der Waals surface area contributed by atoms with E-state index in [0.29, 0.717) is 12.5 Å². The Kier molecular flexibility index (Phi) is 3.29. The number of benzene rings is 1. The van der Waals surface area contributed by atoms with E-state index in [2.05, 4.69) is 5.32 Å². The van der Waals surface area contributed by atoms with Crippen molar-refractivity contribution in [2.45, 2.75) is 32.6 Å². The highest BCUT2D eigenvalue weighted by Gasteiger charge is 2.39. The van der Waals surface area contributed by atoms with Crippen LogP contribution in [0.15, 0.2) is 18.2 Å². The Morgan fingerprint density at radius 1 is 1.37 bits per heavy atom. The molecule has 0 aliphatic heterocycles. The molecular weight excluding hydrogens is 241 g/mol. The summed E-state index contributed by atoms with van der Waals surface area (Å²) in [6.45, 7) is 2.57. The number of hydrogen-bond acceptors (Lipinski definition) is 1. The summed E-state index contributed by atoms with van der Waals surface area (Å²) in [5, 5.41) is 2.91. The fraction of sp³-hybridized carbons (Fsp3) is 0.562. The molecule has 2 saturated carbocycles. The van der Waals surface area contributed by atoms with E-state index in [0.717, 1.165) is 17.4 Å². The Balaban J connectivity index is 1.61. The number of halogens is 1. The van der Waals surface area contributed by atoms with Crippen molar-refractivity contribution in [1.82, 2.24) is 5.32 Å². The van der Waals surface area contributed by atoms with Gasteiger partial charge in [0.1, 0.15) is 5.82 Å². The Bertz CT molecular complexity index is 500. The van der Waals surface area contributed by atoms with E-state index < -0.39 is 5.82 Å². The first-order valence-electron chi connectivity index (χ1n) is 7.18. The van der Waals surface area contributed by atoms with Gasteiger partial charge in [-0.15, -0.1) is 0 Å². The van der Waals surface area contributed by atoms with Crippen LogP contribution in [0.25, 0.3) is 0 Å². The van der Waals surface area contributed by atoms with Crippen LogP contribution in [0, 0.1) is 30.5 Å². The lowest BCUT2D eigenvalue weighted by atomic mass is 9.89. The van der Waals surface area contributed by atoms with Crippen LogP contribution >= 0.6 is 0 Å². The first-order valence-corrected chi connectivity index (χ1v) is 7.18. The van der Waals surface area contributed by atoms with E-state index in [4.69, 9.17) is 0 Å². The number of amides is 1. The number of carbonyl (C=O) groups is 1. The number of nitrogens with one attached hydrogen (secondary N) is 1. The summed E-state index contributed by atoms with van der Waals surface area (Å²) in [6.07, 6.45) is 5.24. The molecule has 0 radical (unpaired) electrons. The largest absolute Gasteiger partial charge is 0.352 e. The molecule has 1 aromatic rings. The van der Waals surface area contributed by atoms with Gasteiger partial charge in [0, 0.05) is 6.54 Å². The van der Waals surface area contributed by atoms with Gasteiger partial charge < -0.3 is 5.32 Å². The maximum Gasteiger partial charge on any atom is 0.254 e. The topological polar surface area (TPSA) is 29.1 Å². The molecule has 102 valence electrons. The van der Waals surface area contributed by atoms with Crippen LogP contribution in [-0.2, 0) is 0 Å². The summed E-state index contributed by atoms with van der Waals surface area (Å²) in [5.41, 5.74) is 1.08. The monoisotopic (exact) mass is 261 g/mol. The van der Waals surface area contributed by atoms with Gasteiger partial charge in [0.25, 0.3) is 5.91 Å². The zero-order valence-electron chi connectivity index (χ0n) is 11.3. The summed E-state index contributed by atoms with van der Waals surface area (Å²) < 4.78 is 13.6. The molecule has 0 aromatic heterocycles. The minimum absolute atomic E-state index is 0.170. The zero-order valence-corrected chi connectivity index (χ0v) is 11.3. The summed E-state index contributed by atoms with van der Waals surface area (Å²) in [4.78, 5) is 12.0. The van der Waals surface area contributed by atoms with Crippen molar-refractivity contribution >= 4 is 5.91 Å². The fourth-order valence-corrected chi connectivity index (χ4v) is 3.76. The van der Waals surface area contributed by atoms with Crippen LogP contribution in [-0.4, -0.2) is 12.5 Å². The Hall–Kier alpha value is -1.38. The summed E-state index contributed by atoms with van der Waals surface area (Å²) in [5.74, 6) is 1.56. The second-order valence-electron chi connectivity index (χ2n) is 6.13. The molecular formula is C16H20FNO. The van der Waals surface area contributed by atoms with E-state index in [9.17, 15) is 9.18 Å². The maximum atomic E-state index is 13.6. The van der Waals surface area contributed by atoms with Gasteiger partial charge in [0.2, 0.25) is 0 Å². The molecule has 0 heterocycles. The standard InChI is InChI=1S/C16H20FNO/c1-10-2-5-15(17)14(6-10)16(19)18-9-13-8-11-3-4-12(13)7-11/h2,5-6,11-13H,3-4,7-9H2,1H3,(H,18,19). The van der Waals surface area contributed by atoms with Crippen molar-refractivity contribution in [3.05, 3.63) is 35.1 Å². The molecule has 2 nitrogen and oxygen atoms in total. The summed E-state index contributed by atoms with van der Waals surface area (Å²) in [6, 6.07) is 4.66. The molecule has 3 atom stereocenters. The number of hydrogen-bond donors (Lipinski definition) is 1. The third-order valence-electron chi connectivity index (χ3n) is 4.78. The SMILES string of the molecule is Cc1ccc(F)c(C(=O)NCC2CC3CCC2C3)c1. The van der Waals surface area contributed by atoms with Crippen molar-refractivity contribution in [2.75, 3.05) is 6.54 Å². The molecule has 19 heavy (non-hydrogen) atoms. The zero-order chi connectivity index (χ0) is 13.4. The lowest BCUT2D eigenvalue weighted by Gasteiger charge is -2.21. The lowest BCUT2D eigenvalue weighted by molar-refractivity contribution is 0.0937. The molecule has 3 heteroatoms. The number of fused-ring (bicyclic) bond motifs is 2. The van der Waals surface area contributed by atoms with Gasteiger partial charge in [0.15, 0.2) is 0 Å². The third-order valence-corrected chi connectivity index (χ3v) is 4.78. The van der Waals surface area contributed by atoms with Crippen molar-refractivity contribution < 1.29 is 9.18 Å². The lowest BCUT2D eigenvalue weighted by Crippen LogP contribution is -2.32. The highest BCUT2D eigenvalue weighted by Crippen LogP contribution is 2.47. The van der Waals surface area contributed by atoms with Gasteiger partial charge in [0.05, 0.1) is 5.56 Å². The van der Waals surface area contributed by atoms with Gasteiger partial charge in [-0.25, -0.2) is 4.39 Å². The Morgan fingerprint density at radius 3 is 2.89 bits per heavy atom.